The van der Waals surface area contributed by atoms with Crippen LogP contribution in [0.4, 0.5) is 5.69 Å². The maximum atomic E-state index is 12.5. The van der Waals surface area contributed by atoms with Gasteiger partial charge in [0, 0.05) is 17.6 Å². The van der Waals surface area contributed by atoms with Gasteiger partial charge in [-0.3, -0.25) is 19.3 Å². The minimum Gasteiger partial charge on any atom is -0.493 e. The summed E-state index contributed by atoms with van der Waals surface area (Å²) in [6, 6.07) is 7.56. The first-order valence-electron chi connectivity index (χ1n) is 7.14. The van der Waals surface area contributed by atoms with Gasteiger partial charge in [-0.05, 0) is 46.3 Å². The Morgan fingerprint density at radius 1 is 1.16 bits per heavy atom. The van der Waals surface area contributed by atoms with Crippen LogP contribution in [0.25, 0.3) is 0 Å². The lowest BCUT2D eigenvalue weighted by molar-refractivity contribution is 0.0693. The first-order chi connectivity index (χ1) is 11.8. The van der Waals surface area contributed by atoms with Crippen LogP contribution in [-0.4, -0.2) is 36.8 Å². The third-order valence-corrected chi connectivity index (χ3v) is 4.62. The SMILES string of the molecule is COc1c(Br)cc(Cl)cc1NC(=O)c1ccc2c(c1)C(=O)N(C)C2=O. The number of amides is 3. The van der Waals surface area contributed by atoms with Crippen molar-refractivity contribution in [1.29, 1.82) is 0 Å². The molecular weight excluding hydrogens is 412 g/mol. The average molecular weight is 424 g/mol. The van der Waals surface area contributed by atoms with E-state index in [-0.39, 0.29) is 22.6 Å². The van der Waals surface area contributed by atoms with Crippen LogP contribution in [0, 0.1) is 0 Å². The van der Waals surface area contributed by atoms with Crippen LogP contribution in [0.5, 0.6) is 5.75 Å². The molecule has 25 heavy (non-hydrogen) atoms. The number of nitrogens with zero attached hydrogens (tertiary/aromatic N) is 1. The minimum atomic E-state index is -0.454. The Labute approximate surface area is 156 Å². The van der Waals surface area contributed by atoms with E-state index in [1.807, 2.05) is 0 Å². The van der Waals surface area contributed by atoms with Gasteiger partial charge in [0.15, 0.2) is 5.75 Å². The molecule has 128 valence electrons. The monoisotopic (exact) mass is 422 g/mol. The molecule has 0 saturated carbocycles. The molecule has 2 aromatic rings. The van der Waals surface area contributed by atoms with E-state index < -0.39 is 11.8 Å². The third-order valence-electron chi connectivity index (χ3n) is 3.81. The van der Waals surface area contributed by atoms with E-state index in [1.165, 1.54) is 32.4 Å². The van der Waals surface area contributed by atoms with Crippen molar-refractivity contribution in [3.05, 3.63) is 56.5 Å². The molecule has 3 rings (SSSR count). The molecule has 1 aliphatic rings. The van der Waals surface area contributed by atoms with Crippen molar-refractivity contribution in [2.45, 2.75) is 0 Å². The predicted octanol–water partition coefficient (Wildman–Crippen LogP) is 3.59. The van der Waals surface area contributed by atoms with Crippen molar-refractivity contribution in [2.24, 2.45) is 0 Å². The summed E-state index contributed by atoms with van der Waals surface area (Å²) < 4.78 is 5.85. The highest BCUT2D eigenvalue weighted by atomic mass is 79.9. The standard InChI is InChI=1S/C17H12BrClN2O4/c1-21-16(23)10-4-3-8(5-11(10)17(21)24)15(22)20-13-7-9(19)6-12(18)14(13)25-2/h3-7H,1-2H3,(H,20,22). The van der Waals surface area contributed by atoms with Crippen molar-refractivity contribution in [3.63, 3.8) is 0 Å². The summed E-state index contributed by atoms with van der Waals surface area (Å²) in [7, 11) is 2.87. The molecule has 0 unspecified atom stereocenters. The van der Waals surface area contributed by atoms with Gasteiger partial charge < -0.3 is 10.1 Å². The number of carbonyl (C=O) groups excluding carboxylic acids is 3. The van der Waals surface area contributed by atoms with Crippen molar-refractivity contribution in [3.8, 4) is 5.75 Å². The average Bonchev–Trinajstić information content (AvgIpc) is 2.78. The molecule has 2 aromatic carbocycles. The summed E-state index contributed by atoms with van der Waals surface area (Å²) in [6.07, 6.45) is 0. The number of imide groups is 1. The number of anilines is 1. The van der Waals surface area contributed by atoms with Gasteiger partial charge >= 0.3 is 0 Å². The summed E-state index contributed by atoms with van der Waals surface area (Å²) in [5.74, 6) is -0.847. The molecule has 0 bridgehead atoms. The highest BCUT2D eigenvalue weighted by Gasteiger charge is 2.33. The summed E-state index contributed by atoms with van der Waals surface area (Å²) >= 11 is 9.33. The molecule has 6 nitrogen and oxygen atoms in total. The number of hydrogen-bond acceptors (Lipinski definition) is 4. The largest absolute Gasteiger partial charge is 0.493 e. The number of carbonyl (C=O) groups is 3. The molecular formula is C17H12BrClN2O4. The molecule has 0 radical (unpaired) electrons. The topological polar surface area (TPSA) is 75.7 Å². The second-order valence-corrected chi connectivity index (χ2v) is 6.64. The van der Waals surface area contributed by atoms with Crippen molar-refractivity contribution in [1.82, 2.24) is 4.90 Å². The Hall–Kier alpha value is -2.38. The Bertz CT molecular complexity index is 929. The van der Waals surface area contributed by atoms with Gasteiger partial charge in [-0.1, -0.05) is 11.6 Å². The van der Waals surface area contributed by atoms with E-state index >= 15 is 0 Å². The number of halogens is 2. The highest BCUT2D eigenvalue weighted by molar-refractivity contribution is 9.10. The fourth-order valence-electron chi connectivity index (χ4n) is 2.56. The fraction of sp³-hybridized carbons (Fsp3) is 0.118. The van der Waals surface area contributed by atoms with Crippen LogP contribution in [-0.2, 0) is 0 Å². The molecule has 1 N–H and O–H groups in total. The van der Waals surface area contributed by atoms with Crippen LogP contribution < -0.4 is 10.1 Å². The van der Waals surface area contributed by atoms with E-state index in [9.17, 15) is 14.4 Å². The van der Waals surface area contributed by atoms with Crippen LogP contribution in [0.15, 0.2) is 34.8 Å². The van der Waals surface area contributed by atoms with Gasteiger partial charge in [0.05, 0.1) is 28.4 Å². The van der Waals surface area contributed by atoms with Crippen molar-refractivity contribution < 1.29 is 19.1 Å². The zero-order valence-corrected chi connectivity index (χ0v) is 15.6. The van der Waals surface area contributed by atoms with Gasteiger partial charge in [-0.2, -0.15) is 0 Å². The zero-order chi connectivity index (χ0) is 18.3. The molecule has 0 saturated heterocycles. The van der Waals surface area contributed by atoms with Crippen LogP contribution in [0.1, 0.15) is 31.1 Å². The maximum absolute atomic E-state index is 12.5. The molecule has 0 atom stereocenters. The van der Waals surface area contributed by atoms with E-state index in [1.54, 1.807) is 12.1 Å². The Kier molecular flexibility index (Phi) is 4.53. The van der Waals surface area contributed by atoms with Gasteiger partial charge in [0.1, 0.15) is 0 Å². The molecule has 0 fully saturated rings. The lowest BCUT2D eigenvalue weighted by Crippen LogP contribution is -2.24. The summed E-state index contributed by atoms with van der Waals surface area (Å²) in [5, 5.41) is 3.12. The van der Waals surface area contributed by atoms with Crippen molar-refractivity contribution >= 4 is 50.9 Å². The van der Waals surface area contributed by atoms with Gasteiger partial charge in [0.2, 0.25) is 0 Å². The van der Waals surface area contributed by atoms with Crippen LogP contribution in [0.2, 0.25) is 5.02 Å². The van der Waals surface area contributed by atoms with Crippen molar-refractivity contribution in [2.75, 3.05) is 19.5 Å². The molecule has 8 heteroatoms. The first-order valence-corrected chi connectivity index (χ1v) is 8.31. The third kappa shape index (κ3) is 3.01. The van der Waals surface area contributed by atoms with Gasteiger partial charge in [-0.15, -0.1) is 0 Å². The lowest BCUT2D eigenvalue weighted by Gasteiger charge is -2.12. The van der Waals surface area contributed by atoms with Crippen LogP contribution >= 0.6 is 27.5 Å². The Morgan fingerprint density at radius 2 is 1.84 bits per heavy atom. The number of benzene rings is 2. The number of ether oxygens (including phenoxy) is 1. The number of methoxy groups -OCH3 is 1. The fourth-order valence-corrected chi connectivity index (χ4v) is 3.53. The highest BCUT2D eigenvalue weighted by Crippen LogP contribution is 2.36. The second kappa shape index (κ2) is 6.50. The summed E-state index contributed by atoms with van der Waals surface area (Å²) in [6.45, 7) is 0. The normalized spacial score (nSPS) is 13.0. The summed E-state index contributed by atoms with van der Waals surface area (Å²) in [5.41, 5.74) is 1.12. The maximum Gasteiger partial charge on any atom is 0.261 e. The van der Waals surface area contributed by atoms with Gasteiger partial charge in [-0.25, -0.2) is 0 Å². The van der Waals surface area contributed by atoms with Crippen LogP contribution in [0.3, 0.4) is 0 Å². The van der Waals surface area contributed by atoms with E-state index in [0.717, 1.165) is 4.90 Å². The number of hydrogen-bond donors (Lipinski definition) is 1. The Balaban J connectivity index is 1.94. The molecule has 3 amide bonds. The van der Waals surface area contributed by atoms with Gasteiger partial charge in [0.25, 0.3) is 17.7 Å². The van der Waals surface area contributed by atoms with E-state index in [2.05, 4.69) is 21.2 Å². The molecule has 1 aliphatic heterocycles. The number of nitrogens with one attached hydrogen (secondary N) is 1. The molecule has 0 spiro atoms. The Morgan fingerprint density at radius 3 is 2.52 bits per heavy atom. The number of rotatable bonds is 3. The zero-order valence-electron chi connectivity index (χ0n) is 13.2. The molecule has 0 aliphatic carbocycles. The van der Waals surface area contributed by atoms with E-state index in [4.69, 9.17) is 16.3 Å². The van der Waals surface area contributed by atoms with E-state index in [0.29, 0.717) is 20.9 Å². The second-order valence-electron chi connectivity index (χ2n) is 5.35. The molecule has 1 heterocycles. The first kappa shape index (κ1) is 17.4. The lowest BCUT2D eigenvalue weighted by atomic mass is 10.1. The minimum absolute atomic E-state index is 0.208. The smallest absolute Gasteiger partial charge is 0.261 e. The number of fused-ring (bicyclic) bond motifs is 1. The quantitative estimate of drug-likeness (QED) is 0.766. The predicted molar refractivity (Wildman–Crippen MR) is 96.5 cm³/mol. The molecule has 0 aromatic heterocycles. The summed E-state index contributed by atoms with van der Waals surface area (Å²) in [4.78, 5) is 37.5.